The molecule has 6 rings (SSSR count). The van der Waals surface area contributed by atoms with Gasteiger partial charge in [0.25, 0.3) is 0 Å². The Hall–Kier alpha value is -2.89. The van der Waals surface area contributed by atoms with E-state index in [0.717, 1.165) is 42.8 Å². The van der Waals surface area contributed by atoms with Crippen molar-refractivity contribution in [1.29, 1.82) is 0 Å². The number of hydrogen-bond acceptors (Lipinski definition) is 5. The lowest BCUT2D eigenvalue weighted by atomic mass is 9.48. The zero-order valence-electron chi connectivity index (χ0n) is 24.3. The normalized spacial score (nSPS) is 32.8. The molecule has 0 N–H and O–H groups in total. The van der Waals surface area contributed by atoms with Gasteiger partial charge in [0.15, 0.2) is 11.6 Å². The van der Waals surface area contributed by atoms with Crippen LogP contribution in [0.25, 0.3) is 0 Å². The Labute approximate surface area is 245 Å². The SMILES string of the molecule is COCC(=O)[C@@]1(C#CC(F)(F)F)CC[C@H]2[C@@H]3CCC4=CC(=O)CCC4=C3[C@@H](c3ccc(N4CCOCC4)cc3)C[C@@]21C. The first-order valence-electron chi connectivity index (χ1n) is 15.1. The number of rotatable bonds is 5. The Balaban J connectivity index is 1.48. The van der Waals surface area contributed by atoms with Crippen molar-refractivity contribution in [3.8, 4) is 11.8 Å². The molecule has 1 aromatic carbocycles. The van der Waals surface area contributed by atoms with Gasteiger partial charge in [-0.3, -0.25) is 9.59 Å². The van der Waals surface area contributed by atoms with Gasteiger partial charge in [0.1, 0.15) is 6.61 Å². The summed E-state index contributed by atoms with van der Waals surface area (Å²) in [4.78, 5) is 28.4. The summed E-state index contributed by atoms with van der Waals surface area (Å²) < 4.78 is 51.3. The Morgan fingerprint density at radius 3 is 2.55 bits per heavy atom. The number of fused-ring (bicyclic) bond motifs is 4. The predicted octanol–water partition coefficient (Wildman–Crippen LogP) is 6.19. The highest BCUT2D eigenvalue weighted by Gasteiger charge is 2.65. The van der Waals surface area contributed by atoms with E-state index in [1.54, 1.807) is 0 Å². The molecule has 2 saturated carbocycles. The molecule has 4 aliphatic carbocycles. The number of Topliss-reactive ketones (excluding diaryl/α,β-unsaturated/α-hetero) is 1. The summed E-state index contributed by atoms with van der Waals surface area (Å²) in [5.74, 6) is 3.93. The first kappa shape index (κ1) is 29.2. The van der Waals surface area contributed by atoms with Crippen LogP contribution < -0.4 is 4.90 Å². The van der Waals surface area contributed by atoms with Gasteiger partial charge in [0, 0.05) is 44.1 Å². The molecule has 0 unspecified atom stereocenters. The molecule has 5 atom stereocenters. The lowest BCUT2D eigenvalue weighted by molar-refractivity contribution is -0.136. The molecule has 5 nitrogen and oxygen atoms in total. The van der Waals surface area contributed by atoms with Gasteiger partial charge in [0.05, 0.1) is 18.6 Å². The molecular weight excluding hydrogens is 543 g/mol. The molecular formula is C34H38F3NO4. The van der Waals surface area contributed by atoms with Crippen molar-refractivity contribution in [2.75, 3.05) is 44.9 Å². The Morgan fingerprint density at radius 2 is 1.86 bits per heavy atom. The van der Waals surface area contributed by atoms with Crippen molar-refractivity contribution in [2.45, 2.75) is 64.0 Å². The van der Waals surface area contributed by atoms with E-state index in [0.29, 0.717) is 45.3 Å². The van der Waals surface area contributed by atoms with Crippen LogP contribution in [-0.4, -0.2) is 57.8 Å². The number of halogens is 3. The molecule has 0 aromatic heterocycles. The molecule has 1 heterocycles. The number of hydrogen-bond donors (Lipinski definition) is 0. The van der Waals surface area contributed by atoms with E-state index in [4.69, 9.17) is 9.47 Å². The number of allylic oxidation sites excluding steroid dienone is 4. The molecule has 224 valence electrons. The van der Waals surface area contributed by atoms with Gasteiger partial charge in [-0.05, 0) is 90.7 Å². The van der Waals surface area contributed by atoms with Crippen molar-refractivity contribution < 1.29 is 32.2 Å². The second-order valence-corrected chi connectivity index (χ2v) is 12.7. The van der Waals surface area contributed by atoms with Crippen molar-refractivity contribution in [3.63, 3.8) is 0 Å². The molecule has 8 heteroatoms. The van der Waals surface area contributed by atoms with E-state index < -0.39 is 17.0 Å². The average Bonchev–Trinajstić information content (AvgIpc) is 3.28. The number of ether oxygens (including phenoxy) is 2. The van der Waals surface area contributed by atoms with Gasteiger partial charge in [-0.25, -0.2) is 0 Å². The monoisotopic (exact) mass is 581 g/mol. The fraction of sp³-hybridized carbons (Fsp3) is 0.588. The second-order valence-electron chi connectivity index (χ2n) is 12.7. The number of anilines is 1. The number of alkyl halides is 3. The molecule has 0 spiro atoms. The lowest BCUT2D eigenvalue weighted by Gasteiger charge is -2.54. The minimum absolute atomic E-state index is 0.0198. The number of carbonyl (C=O) groups excluding carboxylic acids is 2. The zero-order chi connectivity index (χ0) is 29.7. The van der Waals surface area contributed by atoms with Crippen LogP contribution in [0, 0.1) is 34.5 Å². The van der Waals surface area contributed by atoms with Crippen LogP contribution in [0.15, 0.2) is 47.1 Å². The van der Waals surface area contributed by atoms with Crippen LogP contribution in [0.1, 0.15) is 63.4 Å². The molecule has 3 fully saturated rings. The summed E-state index contributed by atoms with van der Waals surface area (Å²) in [6.07, 6.45) is 1.35. The number of nitrogens with zero attached hydrogens (tertiary/aromatic N) is 1. The van der Waals surface area contributed by atoms with Gasteiger partial charge in [-0.15, -0.1) is 0 Å². The van der Waals surface area contributed by atoms with Gasteiger partial charge < -0.3 is 14.4 Å². The maximum Gasteiger partial charge on any atom is 0.457 e. The van der Waals surface area contributed by atoms with Gasteiger partial charge in [-0.1, -0.05) is 30.6 Å². The number of ketones is 2. The summed E-state index contributed by atoms with van der Waals surface area (Å²) in [5, 5.41) is 0. The number of methoxy groups -OCH3 is 1. The summed E-state index contributed by atoms with van der Waals surface area (Å²) in [6, 6.07) is 8.54. The van der Waals surface area contributed by atoms with Crippen LogP contribution >= 0.6 is 0 Å². The van der Waals surface area contributed by atoms with Crippen molar-refractivity contribution in [1.82, 2.24) is 0 Å². The smallest absolute Gasteiger partial charge is 0.378 e. The average molecular weight is 582 g/mol. The second kappa shape index (κ2) is 11.0. The third-order valence-electron chi connectivity index (χ3n) is 10.8. The minimum atomic E-state index is -4.69. The van der Waals surface area contributed by atoms with Crippen LogP contribution in [0.3, 0.4) is 0 Å². The van der Waals surface area contributed by atoms with Crippen LogP contribution in [0.5, 0.6) is 0 Å². The van der Waals surface area contributed by atoms with E-state index in [1.165, 1.54) is 24.2 Å². The van der Waals surface area contributed by atoms with E-state index in [1.807, 2.05) is 13.0 Å². The largest absolute Gasteiger partial charge is 0.457 e. The number of benzene rings is 1. The zero-order valence-corrected chi connectivity index (χ0v) is 24.3. The third kappa shape index (κ3) is 4.93. The van der Waals surface area contributed by atoms with Crippen LogP contribution in [0.2, 0.25) is 0 Å². The predicted molar refractivity (Wildman–Crippen MR) is 153 cm³/mol. The molecule has 1 aliphatic heterocycles. The summed E-state index contributed by atoms with van der Waals surface area (Å²) in [6.45, 7) is 4.77. The quantitative estimate of drug-likeness (QED) is 0.388. The number of morpholine rings is 1. The third-order valence-corrected chi connectivity index (χ3v) is 10.8. The molecule has 42 heavy (non-hydrogen) atoms. The highest BCUT2D eigenvalue weighted by atomic mass is 19.4. The standard InChI is InChI=1S/C34H38F3NO4/c1-32-20-28(22-3-6-24(7-4-22)38-15-17-42-18-16-38)31-26-10-8-25(39)19-23(26)5-9-27(31)29(32)11-12-33(32,30(40)21-41-2)13-14-34(35,36)37/h3-4,6-7,19,27-29H,5,8-12,15-18,20-21H2,1-2H3/t27-,28+,29-,32-,33-/m0/s1. The first-order valence-corrected chi connectivity index (χ1v) is 15.1. The maximum absolute atomic E-state index is 13.8. The van der Waals surface area contributed by atoms with Crippen LogP contribution in [-0.2, 0) is 19.1 Å². The Morgan fingerprint density at radius 1 is 1.12 bits per heavy atom. The fourth-order valence-electron chi connectivity index (χ4n) is 8.89. The van der Waals surface area contributed by atoms with E-state index in [-0.39, 0.29) is 35.9 Å². The molecule has 5 aliphatic rings. The van der Waals surface area contributed by atoms with E-state index in [2.05, 4.69) is 35.1 Å². The van der Waals surface area contributed by atoms with Gasteiger partial charge in [-0.2, -0.15) is 13.2 Å². The summed E-state index contributed by atoms with van der Waals surface area (Å²) >= 11 is 0. The number of carbonyl (C=O) groups is 2. The highest BCUT2D eigenvalue weighted by Crippen LogP contribution is 2.69. The Bertz CT molecular complexity index is 1380. The van der Waals surface area contributed by atoms with Crippen molar-refractivity contribution in [2.24, 2.45) is 22.7 Å². The minimum Gasteiger partial charge on any atom is -0.378 e. The molecule has 0 radical (unpaired) electrons. The van der Waals surface area contributed by atoms with Gasteiger partial charge in [0.2, 0.25) is 0 Å². The molecule has 1 saturated heterocycles. The molecule has 0 bridgehead atoms. The fourth-order valence-corrected chi connectivity index (χ4v) is 8.89. The maximum atomic E-state index is 13.8. The lowest BCUT2D eigenvalue weighted by Crippen LogP contribution is -2.51. The van der Waals surface area contributed by atoms with Crippen molar-refractivity contribution >= 4 is 17.3 Å². The van der Waals surface area contributed by atoms with E-state index in [9.17, 15) is 22.8 Å². The first-order chi connectivity index (χ1) is 20.1. The Kier molecular flexibility index (Phi) is 7.64. The molecule has 1 aromatic rings. The van der Waals surface area contributed by atoms with Crippen molar-refractivity contribution in [3.05, 3.63) is 52.6 Å². The highest BCUT2D eigenvalue weighted by molar-refractivity contribution is 5.93. The topological polar surface area (TPSA) is 55.8 Å². The van der Waals surface area contributed by atoms with Gasteiger partial charge >= 0.3 is 6.18 Å². The summed E-state index contributed by atoms with van der Waals surface area (Å²) in [7, 11) is 1.40. The molecule has 0 amide bonds. The van der Waals surface area contributed by atoms with E-state index >= 15 is 0 Å². The summed E-state index contributed by atoms with van der Waals surface area (Å²) in [5.41, 5.74) is 3.72. The van der Waals surface area contributed by atoms with Crippen LogP contribution in [0.4, 0.5) is 18.9 Å².